The van der Waals surface area contributed by atoms with E-state index in [2.05, 4.69) is 4.72 Å². The molecule has 3 N–H and O–H groups in total. The molecule has 19 heavy (non-hydrogen) atoms. The lowest BCUT2D eigenvalue weighted by atomic mass is 10.1. The van der Waals surface area contributed by atoms with E-state index in [0.29, 0.717) is 5.69 Å². The van der Waals surface area contributed by atoms with Crippen LogP contribution in [0.3, 0.4) is 0 Å². The summed E-state index contributed by atoms with van der Waals surface area (Å²) in [6, 6.07) is 3.30. The second kappa shape index (κ2) is 5.38. The number of sulfonamides is 1. The number of aryl methyl sites for hydroxylation is 2. The van der Waals surface area contributed by atoms with Gasteiger partial charge in [0.1, 0.15) is 9.84 Å². The van der Waals surface area contributed by atoms with Crippen LogP contribution in [0.2, 0.25) is 0 Å². The predicted octanol–water partition coefficient (Wildman–Crippen LogP) is 0.672. The fourth-order valence-corrected chi connectivity index (χ4v) is 4.11. The number of hydrogen-bond acceptors (Lipinski definition) is 5. The summed E-state index contributed by atoms with van der Waals surface area (Å²) in [6.07, 6.45) is 0.993. The number of sulfone groups is 1. The highest BCUT2D eigenvalue weighted by atomic mass is 32.2. The Morgan fingerprint density at radius 2 is 1.58 bits per heavy atom. The summed E-state index contributed by atoms with van der Waals surface area (Å²) in [6.45, 7) is 3.71. The van der Waals surface area contributed by atoms with Crippen LogP contribution in [0.25, 0.3) is 0 Å². The molecule has 0 saturated carbocycles. The van der Waals surface area contributed by atoms with Gasteiger partial charge in [0, 0.05) is 6.26 Å². The summed E-state index contributed by atoms with van der Waals surface area (Å²) in [5.74, 6) is -0.911. The minimum absolute atomic E-state index is 0.275. The predicted molar refractivity (Wildman–Crippen MR) is 77.4 cm³/mol. The Kier molecular flexibility index (Phi) is 4.46. The smallest absolute Gasteiger partial charge is 0.233 e. The summed E-state index contributed by atoms with van der Waals surface area (Å²) in [4.78, 5) is 0. The van der Waals surface area contributed by atoms with Gasteiger partial charge in [0.15, 0.2) is 0 Å². The normalized spacial score (nSPS) is 12.4. The van der Waals surface area contributed by atoms with E-state index in [0.717, 1.165) is 17.4 Å². The first-order valence-corrected chi connectivity index (χ1v) is 9.26. The minimum atomic E-state index is -3.73. The average Bonchev–Trinajstić information content (AvgIpc) is 2.22. The Bertz CT molecular complexity index is 679. The third kappa shape index (κ3) is 5.07. The molecule has 0 saturated heterocycles. The van der Waals surface area contributed by atoms with Crippen LogP contribution in [-0.2, 0) is 19.9 Å². The Balaban J connectivity index is 2.93. The van der Waals surface area contributed by atoms with E-state index >= 15 is 0 Å². The van der Waals surface area contributed by atoms with Crippen LogP contribution in [0.5, 0.6) is 0 Å². The molecule has 0 unspecified atom stereocenters. The molecule has 8 heteroatoms. The van der Waals surface area contributed by atoms with Gasteiger partial charge in [-0.1, -0.05) is 0 Å². The summed E-state index contributed by atoms with van der Waals surface area (Å²) < 4.78 is 47.8. The highest BCUT2D eigenvalue weighted by Crippen LogP contribution is 2.24. The number of rotatable bonds is 5. The standard InChI is InChI=1S/C11H18N2O4S2/c1-8-6-10(12)11(7-9(8)2)13-19(16,17)5-4-18(3,14)15/h6-7,13H,4-5,12H2,1-3H3. The highest BCUT2D eigenvalue weighted by Gasteiger charge is 2.16. The van der Waals surface area contributed by atoms with Crippen molar-refractivity contribution in [3.63, 3.8) is 0 Å². The number of anilines is 2. The molecule has 0 fully saturated rings. The van der Waals surface area contributed by atoms with Crippen molar-refractivity contribution in [2.24, 2.45) is 0 Å². The molecular weight excluding hydrogens is 288 g/mol. The SMILES string of the molecule is Cc1cc(N)c(NS(=O)(=O)CCS(C)(=O)=O)cc1C. The molecule has 0 aliphatic rings. The highest BCUT2D eigenvalue weighted by molar-refractivity contribution is 7.95. The van der Waals surface area contributed by atoms with Gasteiger partial charge < -0.3 is 5.73 Å². The maximum Gasteiger partial charge on any atom is 0.233 e. The second-order valence-corrected chi connectivity index (χ2v) is 8.68. The van der Waals surface area contributed by atoms with Crippen LogP contribution in [-0.4, -0.2) is 34.6 Å². The van der Waals surface area contributed by atoms with Gasteiger partial charge in [0.25, 0.3) is 0 Å². The van der Waals surface area contributed by atoms with E-state index in [1.807, 2.05) is 13.8 Å². The molecule has 0 spiro atoms. The van der Waals surface area contributed by atoms with Gasteiger partial charge in [-0.3, -0.25) is 4.72 Å². The van der Waals surface area contributed by atoms with Gasteiger partial charge in [-0.25, -0.2) is 16.8 Å². The zero-order valence-corrected chi connectivity index (χ0v) is 12.7. The van der Waals surface area contributed by atoms with Crippen molar-refractivity contribution in [3.05, 3.63) is 23.3 Å². The molecule has 0 aliphatic heterocycles. The van der Waals surface area contributed by atoms with Crippen molar-refractivity contribution in [1.29, 1.82) is 0 Å². The molecule has 1 rings (SSSR count). The molecule has 0 aromatic heterocycles. The van der Waals surface area contributed by atoms with Crippen LogP contribution in [0.4, 0.5) is 11.4 Å². The molecule has 0 radical (unpaired) electrons. The van der Waals surface area contributed by atoms with E-state index < -0.39 is 31.4 Å². The van der Waals surface area contributed by atoms with Crippen LogP contribution in [0, 0.1) is 13.8 Å². The molecular formula is C11H18N2O4S2. The van der Waals surface area contributed by atoms with Crippen molar-refractivity contribution in [1.82, 2.24) is 0 Å². The largest absolute Gasteiger partial charge is 0.397 e. The van der Waals surface area contributed by atoms with Gasteiger partial charge in [-0.2, -0.15) is 0 Å². The van der Waals surface area contributed by atoms with E-state index in [1.165, 1.54) is 0 Å². The maximum absolute atomic E-state index is 11.8. The second-order valence-electron chi connectivity index (χ2n) is 4.57. The molecule has 108 valence electrons. The van der Waals surface area contributed by atoms with Crippen molar-refractivity contribution in [2.75, 3.05) is 28.2 Å². The van der Waals surface area contributed by atoms with E-state index in [4.69, 9.17) is 5.73 Å². The first-order chi connectivity index (χ1) is 8.50. The van der Waals surface area contributed by atoms with E-state index in [-0.39, 0.29) is 5.69 Å². The van der Waals surface area contributed by atoms with Crippen molar-refractivity contribution in [2.45, 2.75) is 13.8 Å². The van der Waals surface area contributed by atoms with E-state index in [9.17, 15) is 16.8 Å². The van der Waals surface area contributed by atoms with Crippen LogP contribution >= 0.6 is 0 Å². The molecule has 0 amide bonds. The van der Waals surface area contributed by atoms with Crippen molar-refractivity contribution >= 4 is 31.2 Å². The van der Waals surface area contributed by atoms with E-state index in [1.54, 1.807) is 12.1 Å². The van der Waals surface area contributed by atoms with Gasteiger partial charge in [-0.05, 0) is 37.1 Å². The third-order valence-corrected chi connectivity index (χ3v) is 5.13. The summed E-state index contributed by atoms with van der Waals surface area (Å²) in [7, 11) is -7.05. The zero-order valence-electron chi connectivity index (χ0n) is 11.1. The van der Waals surface area contributed by atoms with Crippen LogP contribution < -0.4 is 10.5 Å². The summed E-state index contributed by atoms with van der Waals surface area (Å²) >= 11 is 0. The van der Waals surface area contributed by atoms with Gasteiger partial charge >= 0.3 is 0 Å². The Hall–Kier alpha value is -1.28. The average molecular weight is 306 g/mol. The zero-order chi connectivity index (χ0) is 14.8. The number of nitrogens with two attached hydrogens (primary N) is 1. The topological polar surface area (TPSA) is 106 Å². The molecule has 0 bridgehead atoms. The lowest BCUT2D eigenvalue weighted by Gasteiger charge is -2.12. The minimum Gasteiger partial charge on any atom is -0.397 e. The molecule has 0 heterocycles. The first-order valence-electron chi connectivity index (χ1n) is 5.55. The Morgan fingerprint density at radius 3 is 2.11 bits per heavy atom. The fourth-order valence-electron chi connectivity index (χ4n) is 1.41. The van der Waals surface area contributed by atoms with Gasteiger partial charge in [0.05, 0.1) is 22.9 Å². The summed E-state index contributed by atoms with van der Waals surface area (Å²) in [5, 5.41) is 0. The number of benzene rings is 1. The number of nitrogens with one attached hydrogen (secondary N) is 1. The molecule has 1 aromatic rings. The van der Waals surface area contributed by atoms with Crippen molar-refractivity contribution < 1.29 is 16.8 Å². The van der Waals surface area contributed by atoms with Crippen molar-refractivity contribution in [3.8, 4) is 0 Å². The lowest BCUT2D eigenvalue weighted by Crippen LogP contribution is -2.23. The Labute approximate surface area is 114 Å². The third-order valence-electron chi connectivity index (χ3n) is 2.65. The molecule has 1 aromatic carbocycles. The Morgan fingerprint density at radius 1 is 1.05 bits per heavy atom. The monoisotopic (exact) mass is 306 g/mol. The molecule has 6 nitrogen and oxygen atoms in total. The lowest BCUT2D eigenvalue weighted by molar-refractivity contribution is 0.593. The number of hydrogen-bond donors (Lipinski definition) is 2. The maximum atomic E-state index is 11.8. The van der Waals surface area contributed by atoms with Gasteiger partial charge in [-0.15, -0.1) is 0 Å². The van der Waals surface area contributed by atoms with Crippen LogP contribution in [0.1, 0.15) is 11.1 Å². The fraction of sp³-hybridized carbons (Fsp3) is 0.455. The van der Waals surface area contributed by atoms with Gasteiger partial charge in [0.2, 0.25) is 10.0 Å². The summed E-state index contributed by atoms with van der Waals surface area (Å²) in [5.41, 5.74) is 8.17. The molecule has 0 aliphatic carbocycles. The number of nitrogen functional groups attached to an aromatic ring is 1. The van der Waals surface area contributed by atoms with Crippen LogP contribution in [0.15, 0.2) is 12.1 Å². The molecule has 0 atom stereocenters. The quantitative estimate of drug-likeness (QED) is 0.778. The first kappa shape index (κ1) is 15.8.